The van der Waals surface area contributed by atoms with Gasteiger partial charge in [0.1, 0.15) is 11.5 Å². The number of hydrogen-bond donors (Lipinski definition) is 0. The second-order valence-corrected chi connectivity index (χ2v) is 5.16. The Morgan fingerprint density at radius 2 is 1.79 bits per heavy atom. The van der Waals surface area contributed by atoms with E-state index in [1.807, 2.05) is 6.07 Å². The fourth-order valence-electron chi connectivity index (χ4n) is 2.30. The highest BCUT2D eigenvalue weighted by atomic mass is 16.5. The Kier molecular flexibility index (Phi) is 4.56. The molecule has 0 saturated carbocycles. The Morgan fingerprint density at radius 3 is 2.54 bits per heavy atom. The molecule has 0 aliphatic rings. The van der Waals surface area contributed by atoms with Crippen LogP contribution in [0.3, 0.4) is 0 Å². The van der Waals surface area contributed by atoms with Gasteiger partial charge in [-0.15, -0.1) is 0 Å². The Bertz CT molecular complexity index is 916. The fourth-order valence-corrected chi connectivity index (χ4v) is 2.30. The van der Waals surface area contributed by atoms with Crippen molar-refractivity contribution in [1.82, 2.24) is 9.55 Å². The Balaban J connectivity index is 1.65. The summed E-state index contributed by atoms with van der Waals surface area (Å²) in [6, 6.07) is 13.8. The zero-order valence-electron chi connectivity index (χ0n) is 13.1. The number of nitrogens with zero attached hydrogens (tertiary/aromatic N) is 2. The molecule has 0 amide bonds. The maximum absolute atomic E-state index is 12.3. The first-order chi connectivity index (χ1) is 11.7. The van der Waals surface area contributed by atoms with Gasteiger partial charge < -0.3 is 9.47 Å². The van der Waals surface area contributed by atoms with Crippen LogP contribution in [0.5, 0.6) is 11.5 Å². The average Bonchev–Trinajstić information content (AvgIpc) is 2.62. The van der Waals surface area contributed by atoms with E-state index in [-0.39, 0.29) is 18.5 Å². The van der Waals surface area contributed by atoms with Crippen LogP contribution in [0.25, 0.3) is 10.9 Å². The zero-order valence-corrected chi connectivity index (χ0v) is 13.1. The summed E-state index contributed by atoms with van der Waals surface area (Å²) in [6.45, 7) is 0.214. The number of hydrogen-bond acceptors (Lipinski definition) is 5. The number of para-hydroxylation sites is 1. The van der Waals surface area contributed by atoms with E-state index < -0.39 is 5.97 Å². The standard InChI is InChI=1S/C18H16N2O4/c1-23-13-6-8-14(9-7-13)24-17(21)10-11-20-12-19-16-5-3-2-4-15(16)18(20)22/h2-9,12H,10-11H2,1H3. The summed E-state index contributed by atoms with van der Waals surface area (Å²) in [5.74, 6) is 0.702. The molecule has 3 rings (SSSR count). The second kappa shape index (κ2) is 6.95. The predicted octanol–water partition coefficient (Wildman–Crippen LogP) is 2.40. The van der Waals surface area contributed by atoms with E-state index in [0.29, 0.717) is 22.4 Å². The van der Waals surface area contributed by atoms with Crippen molar-refractivity contribution < 1.29 is 14.3 Å². The fraction of sp³-hybridized carbons (Fsp3) is 0.167. The van der Waals surface area contributed by atoms with Gasteiger partial charge in [0.15, 0.2) is 0 Å². The van der Waals surface area contributed by atoms with Crippen LogP contribution in [0.15, 0.2) is 59.7 Å². The third kappa shape index (κ3) is 3.43. The highest BCUT2D eigenvalue weighted by molar-refractivity contribution is 5.77. The molecule has 2 aromatic carbocycles. The Hall–Kier alpha value is -3.15. The normalized spacial score (nSPS) is 10.5. The number of benzene rings is 2. The molecule has 0 aliphatic carbocycles. The molecule has 0 unspecified atom stereocenters. The van der Waals surface area contributed by atoms with Crippen LogP contribution in [0.4, 0.5) is 0 Å². The first-order valence-corrected chi connectivity index (χ1v) is 7.46. The summed E-state index contributed by atoms with van der Waals surface area (Å²) < 4.78 is 11.7. The molecular weight excluding hydrogens is 308 g/mol. The summed E-state index contributed by atoms with van der Waals surface area (Å²) in [5.41, 5.74) is 0.470. The lowest BCUT2D eigenvalue weighted by atomic mass is 10.2. The molecule has 0 saturated heterocycles. The number of carbonyl (C=O) groups excluding carboxylic acids is 1. The topological polar surface area (TPSA) is 70.4 Å². The van der Waals surface area contributed by atoms with Crippen LogP contribution in [0.1, 0.15) is 6.42 Å². The van der Waals surface area contributed by atoms with Gasteiger partial charge in [-0.25, -0.2) is 4.98 Å². The number of ether oxygens (including phenoxy) is 2. The highest BCUT2D eigenvalue weighted by Crippen LogP contribution is 2.17. The highest BCUT2D eigenvalue weighted by Gasteiger charge is 2.08. The minimum Gasteiger partial charge on any atom is -0.497 e. The molecule has 0 radical (unpaired) electrons. The van der Waals surface area contributed by atoms with Crippen LogP contribution in [0.2, 0.25) is 0 Å². The molecule has 1 aromatic heterocycles. The van der Waals surface area contributed by atoms with Crippen molar-refractivity contribution in [1.29, 1.82) is 0 Å². The maximum atomic E-state index is 12.3. The lowest BCUT2D eigenvalue weighted by molar-refractivity contribution is -0.134. The summed E-state index contributed by atoms with van der Waals surface area (Å²) >= 11 is 0. The van der Waals surface area contributed by atoms with Crippen molar-refractivity contribution in [3.05, 3.63) is 65.2 Å². The molecule has 24 heavy (non-hydrogen) atoms. The summed E-state index contributed by atoms with van der Waals surface area (Å²) in [5, 5.41) is 0.531. The van der Waals surface area contributed by atoms with Gasteiger partial charge in [-0.05, 0) is 36.4 Å². The molecule has 0 spiro atoms. The van der Waals surface area contributed by atoms with Gasteiger partial charge in [0.25, 0.3) is 5.56 Å². The number of rotatable bonds is 5. The predicted molar refractivity (Wildman–Crippen MR) is 89.2 cm³/mol. The van der Waals surface area contributed by atoms with E-state index in [1.165, 1.54) is 10.9 Å². The van der Waals surface area contributed by atoms with Crippen LogP contribution in [-0.4, -0.2) is 22.6 Å². The van der Waals surface area contributed by atoms with Crippen molar-refractivity contribution in [3.63, 3.8) is 0 Å². The van der Waals surface area contributed by atoms with E-state index in [0.717, 1.165) is 0 Å². The monoisotopic (exact) mass is 324 g/mol. The van der Waals surface area contributed by atoms with Gasteiger partial charge in [0, 0.05) is 6.54 Å². The molecular formula is C18H16N2O4. The number of aromatic nitrogens is 2. The molecule has 6 heteroatoms. The lowest BCUT2D eigenvalue weighted by Gasteiger charge is -2.07. The number of fused-ring (bicyclic) bond motifs is 1. The molecule has 122 valence electrons. The third-order valence-electron chi connectivity index (χ3n) is 3.58. The number of methoxy groups -OCH3 is 1. The quantitative estimate of drug-likeness (QED) is 0.532. The van der Waals surface area contributed by atoms with Crippen LogP contribution < -0.4 is 15.0 Å². The van der Waals surface area contributed by atoms with Gasteiger partial charge in [0.2, 0.25) is 0 Å². The molecule has 0 N–H and O–H groups in total. The molecule has 0 atom stereocenters. The largest absolute Gasteiger partial charge is 0.497 e. The summed E-state index contributed by atoms with van der Waals surface area (Å²) in [4.78, 5) is 28.5. The van der Waals surface area contributed by atoms with E-state index in [2.05, 4.69) is 4.98 Å². The molecule has 1 heterocycles. The molecule has 0 aliphatic heterocycles. The Labute approximate surface area is 138 Å². The van der Waals surface area contributed by atoms with Gasteiger partial charge in [-0.1, -0.05) is 12.1 Å². The van der Waals surface area contributed by atoms with Gasteiger partial charge in [-0.3, -0.25) is 14.2 Å². The molecule has 3 aromatic rings. The zero-order chi connectivity index (χ0) is 16.9. The third-order valence-corrected chi connectivity index (χ3v) is 3.58. The van der Waals surface area contributed by atoms with Crippen molar-refractivity contribution in [3.8, 4) is 11.5 Å². The van der Waals surface area contributed by atoms with Crippen LogP contribution >= 0.6 is 0 Å². The molecule has 0 fully saturated rings. The van der Waals surface area contributed by atoms with E-state index in [4.69, 9.17) is 9.47 Å². The van der Waals surface area contributed by atoms with Crippen molar-refractivity contribution in [2.75, 3.05) is 7.11 Å². The number of aryl methyl sites for hydroxylation is 1. The van der Waals surface area contributed by atoms with Gasteiger partial charge in [-0.2, -0.15) is 0 Å². The number of carbonyl (C=O) groups is 1. The van der Waals surface area contributed by atoms with Crippen molar-refractivity contribution in [2.24, 2.45) is 0 Å². The molecule has 0 bridgehead atoms. The van der Waals surface area contributed by atoms with Crippen LogP contribution in [-0.2, 0) is 11.3 Å². The summed E-state index contributed by atoms with van der Waals surface area (Å²) in [7, 11) is 1.57. The minimum absolute atomic E-state index is 0.0754. The van der Waals surface area contributed by atoms with E-state index in [9.17, 15) is 9.59 Å². The van der Waals surface area contributed by atoms with Crippen molar-refractivity contribution in [2.45, 2.75) is 13.0 Å². The average molecular weight is 324 g/mol. The second-order valence-electron chi connectivity index (χ2n) is 5.16. The van der Waals surface area contributed by atoms with Crippen LogP contribution in [0, 0.1) is 0 Å². The Morgan fingerprint density at radius 1 is 1.08 bits per heavy atom. The first kappa shape index (κ1) is 15.7. The van der Waals surface area contributed by atoms with Gasteiger partial charge >= 0.3 is 5.97 Å². The van der Waals surface area contributed by atoms with Crippen molar-refractivity contribution >= 4 is 16.9 Å². The maximum Gasteiger partial charge on any atom is 0.312 e. The van der Waals surface area contributed by atoms with E-state index >= 15 is 0 Å². The first-order valence-electron chi connectivity index (χ1n) is 7.46. The molecule has 6 nitrogen and oxygen atoms in total. The lowest BCUT2D eigenvalue weighted by Crippen LogP contribution is -2.23. The SMILES string of the molecule is COc1ccc(OC(=O)CCn2cnc3ccccc3c2=O)cc1. The van der Waals surface area contributed by atoms with Gasteiger partial charge in [0.05, 0.1) is 30.8 Å². The smallest absolute Gasteiger partial charge is 0.312 e. The minimum atomic E-state index is -0.416. The summed E-state index contributed by atoms with van der Waals surface area (Å²) in [6.07, 6.45) is 1.53. The van der Waals surface area contributed by atoms with E-state index in [1.54, 1.807) is 49.6 Å². The number of esters is 1.